The molecule has 6 nitrogen and oxygen atoms in total. The summed E-state index contributed by atoms with van der Waals surface area (Å²) in [5, 5.41) is 17.1. The second kappa shape index (κ2) is 8.16. The molecule has 1 N–H and O–H groups in total. The standard InChI is InChI=1S/C13H15ClN2O4/c1-3-20-13(18)12(11(17)8-14)16-15-9-4-6-10(19-2)7-5-9/h4-7,17H,3,8H2,1-2H3/b12-11+,16-15?. The van der Waals surface area contributed by atoms with Gasteiger partial charge in [-0.25, -0.2) is 4.79 Å². The average Bonchev–Trinajstić information content (AvgIpc) is 2.48. The monoisotopic (exact) mass is 298 g/mol. The third-order valence-electron chi connectivity index (χ3n) is 2.21. The zero-order valence-corrected chi connectivity index (χ0v) is 11.9. The van der Waals surface area contributed by atoms with Crippen LogP contribution >= 0.6 is 11.6 Å². The van der Waals surface area contributed by atoms with Gasteiger partial charge in [0.15, 0.2) is 0 Å². The zero-order valence-electron chi connectivity index (χ0n) is 11.2. The third kappa shape index (κ3) is 4.55. The number of aliphatic hydroxyl groups is 1. The fraction of sp³-hybridized carbons (Fsp3) is 0.308. The fourth-order valence-corrected chi connectivity index (χ4v) is 1.36. The zero-order chi connectivity index (χ0) is 15.0. The van der Waals surface area contributed by atoms with Gasteiger partial charge in [-0.15, -0.1) is 16.7 Å². The highest BCUT2D eigenvalue weighted by atomic mass is 35.5. The summed E-state index contributed by atoms with van der Waals surface area (Å²) in [5.41, 5.74) is 0.188. The summed E-state index contributed by atoms with van der Waals surface area (Å²) < 4.78 is 9.77. The van der Waals surface area contributed by atoms with Gasteiger partial charge in [0, 0.05) is 0 Å². The first kappa shape index (κ1) is 16.0. The van der Waals surface area contributed by atoms with Gasteiger partial charge in [0.05, 0.1) is 25.3 Å². The van der Waals surface area contributed by atoms with Crippen LogP contribution in [0, 0.1) is 0 Å². The van der Waals surface area contributed by atoms with Crippen molar-refractivity contribution >= 4 is 23.3 Å². The van der Waals surface area contributed by atoms with Crippen molar-refractivity contribution in [3.05, 3.63) is 35.7 Å². The van der Waals surface area contributed by atoms with E-state index >= 15 is 0 Å². The lowest BCUT2D eigenvalue weighted by Crippen LogP contribution is -2.09. The number of aliphatic hydroxyl groups excluding tert-OH is 1. The highest BCUT2D eigenvalue weighted by molar-refractivity contribution is 6.19. The molecule has 7 heteroatoms. The summed E-state index contributed by atoms with van der Waals surface area (Å²) in [6, 6.07) is 6.71. The molecule has 0 amide bonds. The first-order valence-electron chi connectivity index (χ1n) is 5.83. The van der Waals surface area contributed by atoms with Gasteiger partial charge >= 0.3 is 5.97 Å². The molecular formula is C13H15ClN2O4. The van der Waals surface area contributed by atoms with Gasteiger partial charge in [-0.3, -0.25) is 0 Å². The molecule has 0 aliphatic rings. The first-order valence-corrected chi connectivity index (χ1v) is 6.36. The number of allylic oxidation sites excluding steroid dienone is 1. The van der Waals surface area contributed by atoms with Gasteiger partial charge in [0.25, 0.3) is 0 Å². The smallest absolute Gasteiger partial charge is 0.362 e. The third-order valence-corrected chi connectivity index (χ3v) is 2.46. The van der Waals surface area contributed by atoms with Crippen molar-refractivity contribution in [3.8, 4) is 5.75 Å². The Balaban J connectivity index is 2.94. The Morgan fingerprint density at radius 1 is 1.35 bits per heavy atom. The van der Waals surface area contributed by atoms with Crippen molar-refractivity contribution in [2.75, 3.05) is 19.6 Å². The molecule has 0 spiro atoms. The molecule has 0 aliphatic heterocycles. The van der Waals surface area contributed by atoms with Gasteiger partial charge < -0.3 is 14.6 Å². The summed E-state index contributed by atoms with van der Waals surface area (Å²) in [6.07, 6.45) is 0. The number of halogens is 1. The molecule has 0 aliphatic carbocycles. The van der Waals surface area contributed by atoms with Gasteiger partial charge in [-0.1, -0.05) is 0 Å². The number of carbonyl (C=O) groups excluding carboxylic acids is 1. The molecule has 0 saturated heterocycles. The maximum absolute atomic E-state index is 11.6. The molecule has 108 valence electrons. The van der Waals surface area contributed by atoms with E-state index in [0.717, 1.165) is 0 Å². The molecular weight excluding hydrogens is 284 g/mol. The number of hydrogen-bond donors (Lipinski definition) is 1. The van der Waals surface area contributed by atoms with Crippen LogP contribution < -0.4 is 4.74 Å². The number of methoxy groups -OCH3 is 1. The van der Waals surface area contributed by atoms with Crippen LogP contribution in [0.15, 0.2) is 46.0 Å². The number of rotatable bonds is 6. The van der Waals surface area contributed by atoms with Crippen molar-refractivity contribution in [2.45, 2.75) is 6.92 Å². The predicted octanol–water partition coefficient (Wildman–Crippen LogP) is 3.35. The highest BCUT2D eigenvalue weighted by Crippen LogP contribution is 2.19. The number of benzene rings is 1. The first-order chi connectivity index (χ1) is 9.62. The second-order valence-corrected chi connectivity index (χ2v) is 3.81. The number of esters is 1. The van der Waals surface area contributed by atoms with Crippen LogP contribution in [-0.2, 0) is 9.53 Å². The summed E-state index contributed by atoms with van der Waals surface area (Å²) in [5.74, 6) is -0.741. The fourth-order valence-electron chi connectivity index (χ4n) is 1.24. The van der Waals surface area contributed by atoms with Crippen LogP contribution in [0.1, 0.15) is 6.92 Å². The van der Waals surface area contributed by atoms with Gasteiger partial charge in [0.1, 0.15) is 11.5 Å². The van der Waals surface area contributed by atoms with Crippen molar-refractivity contribution in [1.29, 1.82) is 0 Å². The molecule has 0 radical (unpaired) electrons. The van der Waals surface area contributed by atoms with Crippen LogP contribution in [0.3, 0.4) is 0 Å². The van der Waals surface area contributed by atoms with Gasteiger partial charge in [0.2, 0.25) is 5.70 Å². The lowest BCUT2D eigenvalue weighted by Gasteiger charge is -2.03. The van der Waals surface area contributed by atoms with Crippen molar-refractivity contribution in [3.63, 3.8) is 0 Å². The summed E-state index contributed by atoms with van der Waals surface area (Å²) >= 11 is 5.48. The minimum atomic E-state index is -0.775. The second-order valence-electron chi connectivity index (χ2n) is 3.55. The number of ether oxygens (including phenoxy) is 2. The van der Waals surface area contributed by atoms with Crippen LogP contribution in [0.25, 0.3) is 0 Å². The molecule has 1 aromatic carbocycles. The van der Waals surface area contributed by atoms with E-state index < -0.39 is 5.97 Å². The lowest BCUT2D eigenvalue weighted by atomic mass is 10.3. The topological polar surface area (TPSA) is 80.5 Å². The normalized spacial score (nSPS) is 12.2. The number of nitrogens with zero attached hydrogens (tertiary/aromatic N) is 2. The van der Waals surface area contributed by atoms with E-state index in [1.807, 2.05) is 0 Å². The Morgan fingerprint density at radius 2 is 2.00 bits per heavy atom. The molecule has 0 fully saturated rings. The van der Waals surface area contributed by atoms with E-state index in [0.29, 0.717) is 11.4 Å². The van der Waals surface area contributed by atoms with E-state index in [4.69, 9.17) is 21.1 Å². The average molecular weight is 299 g/mol. The molecule has 1 rings (SSSR count). The van der Waals surface area contributed by atoms with Crippen LogP contribution in [0.2, 0.25) is 0 Å². The lowest BCUT2D eigenvalue weighted by molar-refractivity contribution is -0.138. The van der Waals surface area contributed by atoms with E-state index in [1.165, 1.54) is 0 Å². The molecule has 0 aromatic heterocycles. The van der Waals surface area contributed by atoms with Gasteiger partial charge in [-0.2, -0.15) is 5.11 Å². The Hall–Kier alpha value is -2.08. The van der Waals surface area contributed by atoms with Crippen LogP contribution in [-0.4, -0.2) is 30.7 Å². The number of alkyl halides is 1. The predicted molar refractivity (Wildman–Crippen MR) is 74.5 cm³/mol. The Labute approximate surface area is 121 Å². The Morgan fingerprint density at radius 3 is 2.50 bits per heavy atom. The summed E-state index contributed by atoms with van der Waals surface area (Å²) in [6.45, 7) is 1.81. The SMILES string of the molecule is CCOC(=O)/C(N=Nc1ccc(OC)cc1)=C(\O)CCl. The molecule has 0 bridgehead atoms. The van der Waals surface area contributed by atoms with E-state index in [-0.39, 0.29) is 23.9 Å². The summed E-state index contributed by atoms with van der Waals surface area (Å²) in [7, 11) is 1.55. The van der Waals surface area contributed by atoms with E-state index in [9.17, 15) is 9.90 Å². The van der Waals surface area contributed by atoms with E-state index in [2.05, 4.69) is 10.2 Å². The Bertz CT molecular complexity index is 512. The number of azo groups is 1. The number of hydrogen-bond acceptors (Lipinski definition) is 6. The minimum absolute atomic E-state index is 0.163. The van der Waals surface area contributed by atoms with Crippen LogP contribution in [0.5, 0.6) is 5.75 Å². The van der Waals surface area contributed by atoms with Crippen LogP contribution in [0.4, 0.5) is 5.69 Å². The van der Waals surface area contributed by atoms with Gasteiger partial charge in [-0.05, 0) is 31.2 Å². The quantitative estimate of drug-likeness (QED) is 0.287. The molecule has 0 heterocycles. The highest BCUT2D eigenvalue weighted by Gasteiger charge is 2.15. The largest absolute Gasteiger partial charge is 0.508 e. The maximum Gasteiger partial charge on any atom is 0.362 e. The molecule has 1 aromatic rings. The summed E-state index contributed by atoms with van der Waals surface area (Å²) in [4.78, 5) is 11.6. The maximum atomic E-state index is 11.6. The molecule has 0 atom stereocenters. The molecule has 20 heavy (non-hydrogen) atoms. The molecule has 0 saturated carbocycles. The van der Waals surface area contributed by atoms with Crippen molar-refractivity contribution < 1.29 is 19.4 Å². The van der Waals surface area contributed by atoms with Crippen molar-refractivity contribution in [2.24, 2.45) is 10.2 Å². The van der Waals surface area contributed by atoms with Crippen molar-refractivity contribution in [1.82, 2.24) is 0 Å². The number of carbonyl (C=O) groups is 1. The minimum Gasteiger partial charge on any atom is -0.508 e. The molecule has 0 unspecified atom stereocenters. The van der Waals surface area contributed by atoms with E-state index in [1.54, 1.807) is 38.3 Å². The Kier molecular flexibility index (Phi) is 6.52.